The van der Waals surface area contributed by atoms with E-state index in [4.69, 9.17) is 4.42 Å². The molecule has 7 nitrogen and oxygen atoms in total. The van der Waals surface area contributed by atoms with Crippen LogP contribution in [0.1, 0.15) is 46.7 Å². The van der Waals surface area contributed by atoms with Gasteiger partial charge in [-0.2, -0.15) is 5.10 Å². The molecule has 144 valence electrons. The van der Waals surface area contributed by atoms with E-state index in [-0.39, 0.29) is 5.91 Å². The number of thioether (sulfide) groups is 1. The molecule has 28 heavy (non-hydrogen) atoms. The number of carbonyl (C=O) groups excluding carboxylic acids is 1. The molecule has 0 unspecified atom stereocenters. The third-order valence-corrected chi connectivity index (χ3v) is 5.84. The van der Waals surface area contributed by atoms with Gasteiger partial charge in [-0.15, -0.1) is 10.2 Å². The van der Waals surface area contributed by atoms with Gasteiger partial charge in [-0.05, 0) is 42.2 Å². The van der Waals surface area contributed by atoms with Crippen molar-refractivity contribution in [3.63, 3.8) is 0 Å². The van der Waals surface area contributed by atoms with Gasteiger partial charge in [-0.25, -0.2) is 5.43 Å². The van der Waals surface area contributed by atoms with Crippen LogP contribution in [0, 0.1) is 5.92 Å². The standard InChI is InChI=1S/C20H21N5O2S/c1-13-9-17(13)18-8-7-16(27-18)10-21-23-19(26)15-5-3-14(4-6-15)11-28-20-24-22-12-25(20)2/h3-8,10,12-13,17H,9,11H2,1-2H3,(H,23,26)/b21-10-/t13-,17+/m0/s1. The number of hydrogen-bond acceptors (Lipinski definition) is 6. The Morgan fingerprint density at radius 2 is 2.14 bits per heavy atom. The van der Waals surface area contributed by atoms with Crippen LogP contribution >= 0.6 is 11.8 Å². The van der Waals surface area contributed by atoms with Crippen molar-refractivity contribution in [1.29, 1.82) is 0 Å². The van der Waals surface area contributed by atoms with Crippen LogP contribution in [0.25, 0.3) is 0 Å². The second-order valence-corrected chi connectivity index (χ2v) is 7.91. The first-order valence-electron chi connectivity index (χ1n) is 9.09. The Morgan fingerprint density at radius 3 is 2.82 bits per heavy atom. The number of hydrazone groups is 1. The first-order valence-corrected chi connectivity index (χ1v) is 10.1. The lowest BCUT2D eigenvalue weighted by atomic mass is 10.1. The molecule has 8 heteroatoms. The van der Waals surface area contributed by atoms with E-state index in [9.17, 15) is 4.79 Å². The zero-order valence-corrected chi connectivity index (χ0v) is 16.5. The SMILES string of the molecule is C[C@H]1C[C@H]1c1ccc(/C=N\NC(=O)c2ccc(CSc3nncn3C)cc2)o1. The Hall–Kier alpha value is -2.87. The molecule has 1 aliphatic rings. The van der Waals surface area contributed by atoms with E-state index in [1.54, 1.807) is 30.2 Å². The molecule has 2 heterocycles. The summed E-state index contributed by atoms with van der Waals surface area (Å²) in [5.74, 6) is 3.36. The largest absolute Gasteiger partial charge is 0.460 e. The Morgan fingerprint density at radius 1 is 1.36 bits per heavy atom. The number of hydrogen-bond donors (Lipinski definition) is 1. The van der Waals surface area contributed by atoms with Gasteiger partial charge in [0.2, 0.25) is 0 Å². The van der Waals surface area contributed by atoms with Crippen molar-refractivity contribution in [2.24, 2.45) is 18.1 Å². The minimum atomic E-state index is -0.258. The zero-order chi connectivity index (χ0) is 19.5. The minimum Gasteiger partial charge on any atom is -0.460 e. The summed E-state index contributed by atoms with van der Waals surface area (Å²) >= 11 is 1.60. The molecule has 1 aliphatic carbocycles. The summed E-state index contributed by atoms with van der Waals surface area (Å²) in [6.07, 6.45) is 4.38. The molecule has 3 aromatic rings. The first kappa shape index (κ1) is 18.5. The number of furan rings is 1. The number of benzene rings is 1. The highest BCUT2D eigenvalue weighted by Gasteiger charge is 2.36. The average Bonchev–Trinajstić information content (AvgIpc) is 3.06. The van der Waals surface area contributed by atoms with Crippen LogP contribution in [-0.4, -0.2) is 26.9 Å². The predicted octanol–water partition coefficient (Wildman–Crippen LogP) is 3.59. The molecule has 0 bridgehead atoms. The second kappa shape index (κ2) is 8.02. The molecule has 1 N–H and O–H groups in total. The highest BCUT2D eigenvalue weighted by atomic mass is 32.2. The van der Waals surface area contributed by atoms with Gasteiger partial charge in [0.15, 0.2) is 5.16 Å². The molecule has 1 aromatic carbocycles. The van der Waals surface area contributed by atoms with Gasteiger partial charge in [-0.1, -0.05) is 30.8 Å². The molecule has 0 aliphatic heterocycles. The molecule has 0 saturated heterocycles. The monoisotopic (exact) mass is 395 g/mol. The fraction of sp³-hybridized carbons (Fsp3) is 0.300. The normalized spacial score (nSPS) is 18.5. The topological polar surface area (TPSA) is 85.3 Å². The van der Waals surface area contributed by atoms with Gasteiger partial charge in [0, 0.05) is 24.3 Å². The summed E-state index contributed by atoms with van der Waals surface area (Å²) in [5, 5.41) is 12.7. The lowest BCUT2D eigenvalue weighted by Gasteiger charge is -2.03. The highest BCUT2D eigenvalue weighted by molar-refractivity contribution is 7.98. The van der Waals surface area contributed by atoms with E-state index in [0.717, 1.165) is 22.2 Å². The molecule has 1 fully saturated rings. The van der Waals surface area contributed by atoms with Crippen molar-refractivity contribution in [3.8, 4) is 0 Å². The fourth-order valence-corrected chi connectivity index (χ4v) is 3.72. The van der Waals surface area contributed by atoms with Crippen molar-refractivity contribution in [2.75, 3.05) is 0 Å². The zero-order valence-electron chi connectivity index (χ0n) is 15.7. The summed E-state index contributed by atoms with van der Waals surface area (Å²) in [6.45, 7) is 2.21. The Labute approximate surface area is 167 Å². The first-order chi connectivity index (χ1) is 13.6. The maximum atomic E-state index is 12.2. The van der Waals surface area contributed by atoms with Crippen molar-refractivity contribution >= 4 is 23.9 Å². The average molecular weight is 395 g/mol. The van der Waals surface area contributed by atoms with E-state index < -0.39 is 0 Å². The molecule has 2 aromatic heterocycles. The van der Waals surface area contributed by atoms with Gasteiger partial charge in [0.05, 0.1) is 6.21 Å². The Balaban J connectivity index is 1.28. The molecule has 0 spiro atoms. The summed E-state index contributed by atoms with van der Waals surface area (Å²) in [7, 11) is 1.91. The lowest BCUT2D eigenvalue weighted by molar-refractivity contribution is 0.0955. The summed E-state index contributed by atoms with van der Waals surface area (Å²) < 4.78 is 7.61. The molecular formula is C20H21N5O2S. The molecular weight excluding hydrogens is 374 g/mol. The smallest absolute Gasteiger partial charge is 0.271 e. The number of aryl methyl sites for hydroxylation is 1. The van der Waals surface area contributed by atoms with Gasteiger partial charge in [0.25, 0.3) is 5.91 Å². The Kier molecular flexibility index (Phi) is 5.29. The van der Waals surface area contributed by atoms with Crippen LogP contribution in [0.3, 0.4) is 0 Å². The van der Waals surface area contributed by atoms with E-state index in [2.05, 4.69) is 27.6 Å². The van der Waals surface area contributed by atoms with E-state index in [0.29, 0.717) is 23.2 Å². The molecule has 1 saturated carbocycles. The van der Waals surface area contributed by atoms with Crippen LogP contribution in [0.15, 0.2) is 57.4 Å². The van der Waals surface area contributed by atoms with Crippen LogP contribution in [0.2, 0.25) is 0 Å². The summed E-state index contributed by atoms with van der Waals surface area (Å²) in [6, 6.07) is 11.3. The van der Waals surface area contributed by atoms with Crippen LogP contribution in [0.5, 0.6) is 0 Å². The number of carbonyl (C=O) groups is 1. The van der Waals surface area contributed by atoms with Gasteiger partial charge in [-0.3, -0.25) is 4.79 Å². The Bertz CT molecular complexity index is 992. The third-order valence-electron chi connectivity index (χ3n) is 4.73. The maximum Gasteiger partial charge on any atom is 0.271 e. The van der Waals surface area contributed by atoms with Crippen LogP contribution < -0.4 is 5.43 Å². The van der Waals surface area contributed by atoms with Crippen molar-refractivity contribution in [3.05, 3.63) is 65.4 Å². The van der Waals surface area contributed by atoms with Crippen molar-refractivity contribution < 1.29 is 9.21 Å². The number of aromatic nitrogens is 3. The van der Waals surface area contributed by atoms with Crippen molar-refractivity contribution in [1.82, 2.24) is 20.2 Å². The predicted molar refractivity (Wildman–Crippen MR) is 107 cm³/mol. The second-order valence-electron chi connectivity index (χ2n) is 6.97. The van der Waals surface area contributed by atoms with E-state index >= 15 is 0 Å². The summed E-state index contributed by atoms with van der Waals surface area (Å²) in [5.41, 5.74) is 4.19. The maximum absolute atomic E-state index is 12.2. The number of nitrogens with one attached hydrogen (secondary N) is 1. The molecule has 4 rings (SSSR count). The number of nitrogens with zero attached hydrogens (tertiary/aromatic N) is 4. The van der Waals surface area contributed by atoms with Crippen molar-refractivity contribution in [2.45, 2.75) is 30.2 Å². The fourth-order valence-electron chi connectivity index (χ4n) is 2.88. The quantitative estimate of drug-likeness (QED) is 0.375. The number of amides is 1. The molecule has 0 radical (unpaired) electrons. The van der Waals surface area contributed by atoms with Gasteiger partial charge in [0.1, 0.15) is 17.8 Å². The number of rotatable bonds is 7. The molecule has 1 amide bonds. The summed E-state index contributed by atoms with van der Waals surface area (Å²) in [4.78, 5) is 12.2. The van der Waals surface area contributed by atoms with Gasteiger partial charge >= 0.3 is 0 Å². The molecule has 2 atom stereocenters. The highest BCUT2D eigenvalue weighted by Crippen LogP contribution is 2.47. The lowest BCUT2D eigenvalue weighted by Crippen LogP contribution is -2.17. The van der Waals surface area contributed by atoms with Crippen LogP contribution in [-0.2, 0) is 12.8 Å². The van der Waals surface area contributed by atoms with Crippen LogP contribution in [0.4, 0.5) is 0 Å². The van der Waals surface area contributed by atoms with E-state index in [1.807, 2.05) is 35.9 Å². The van der Waals surface area contributed by atoms with Gasteiger partial charge < -0.3 is 8.98 Å². The third kappa shape index (κ3) is 4.33. The minimum absolute atomic E-state index is 0.258. The van der Waals surface area contributed by atoms with E-state index in [1.165, 1.54) is 12.6 Å².